The van der Waals surface area contributed by atoms with Crippen LogP contribution in [0.1, 0.15) is 40.0 Å². The van der Waals surface area contributed by atoms with E-state index in [2.05, 4.69) is 0 Å². The van der Waals surface area contributed by atoms with Crippen LogP contribution < -0.4 is 5.14 Å². The molecule has 74 valence electrons. The SMILES string of the molecule is CCCC(C)C(CC)S(N)(=O)=O. The van der Waals surface area contributed by atoms with E-state index in [1.165, 1.54) is 0 Å². The zero-order valence-corrected chi connectivity index (χ0v) is 8.89. The molecule has 0 saturated carbocycles. The van der Waals surface area contributed by atoms with Gasteiger partial charge in [0.15, 0.2) is 0 Å². The molecule has 0 aromatic heterocycles. The molecular formula is C8H19NO2S. The second-order valence-corrected chi connectivity index (χ2v) is 5.09. The van der Waals surface area contributed by atoms with Crippen molar-refractivity contribution in [2.24, 2.45) is 11.1 Å². The van der Waals surface area contributed by atoms with Crippen LogP contribution in [0.25, 0.3) is 0 Å². The van der Waals surface area contributed by atoms with E-state index in [0.717, 1.165) is 12.8 Å². The molecule has 0 bridgehead atoms. The molecule has 0 aromatic carbocycles. The molecule has 0 amide bonds. The predicted molar refractivity (Wildman–Crippen MR) is 51.3 cm³/mol. The molecule has 0 aromatic rings. The second-order valence-electron chi connectivity index (χ2n) is 3.30. The smallest absolute Gasteiger partial charge is 0.212 e. The molecule has 0 rings (SSSR count). The van der Waals surface area contributed by atoms with Gasteiger partial charge in [-0.05, 0) is 18.8 Å². The fraction of sp³-hybridized carbons (Fsp3) is 1.00. The lowest BCUT2D eigenvalue weighted by atomic mass is 10.0. The predicted octanol–water partition coefficient (Wildman–Crippen LogP) is 1.49. The van der Waals surface area contributed by atoms with Crippen LogP contribution in [0.5, 0.6) is 0 Å². The number of primary sulfonamides is 1. The molecular weight excluding hydrogens is 174 g/mol. The summed E-state index contributed by atoms with van der Waals surface area (Å²) in [5, 5.41) is 4.73. The van der Waals surface area contributed by atoms with E-state index in [0.29, 0.717) is 6.42 Å². The first-order chi connectivity index (χ1) is 5.43. The highest BCUT2D eigenvalue weighted by Crippen LogP contribution is 2.18. The van der Waals surface area contributed by atoms with Crippen LogP contribution in [0.15, 0.2) is 0 Å². The minimum absolute atomic E-state index is 0.176. The molecule has 0 aliphatic carbocycles. The summed E-state index contributed by atoms with van der Waals surface area (Å²) in [6.45, 7) is 5.86. The Labute approximate surface area is 75.4 Å². The number of rotatable bonds is 5. The lowest BCUT2D eigenvalue weighted by molar-refractivity contribution is 0.464. The molecule has 2 atom stereocenters. The van der Waals surface area contributed by atoms with Crippen molar-refractivity contribution < 1.29 is 8.42 Å². The highest BCUT2D eigenvalue weighted by molar-refractivity contribution is 7.89. The Hall–Kier alpha value is -0.0900. The number of sulfonamides is 1. The van der Waals surface area contributed by atoms with Gasteiger partial charge in [-0.25, -0.2) is 13.6 Å². The lowest BCUT2D eigenvalue weighted by Gasteiger charge is -2.19. The first-order valence-electron chi connectivity index (χ1n) is 4.45. The zero-order chi connectivity index (χ0) is 9.78. The van der Waals surface area contributed by atoms with Gasteiger partial charge in [0.05, 0.1) is 5.25 Å². The maximum atomic E-state index is 11.1. The van der Waals surface area contributed by atoms with Gasteiger partial charge in [0.2, 0.25) is 10.0 Å². The number of hydrogen-bond donors (Lipinski definition) is 1. The van der Waals surface area contributed by atoms with Crippen LogP contribution in [0, 0.1) is 5.92 Å². The van der Waals surface area contributed by atoms with Gasteiger partial charge in [-0.3, -0.25) is 0 Å². The van der Waals surface area contributed by atoms with Crippen molar-refractivity contribution in [1.82, 2.24) is 0 Å². The minimum Gasteiger partial charge on any atom is -0.228 e. The Balaban J connectivity index is 4.35. The summed E-state index contributed by atoms with van der Waals surface area (Å²) in [5.74, 6) is 0.176. The Bertz CT molecular complexity index is 211. The largest absolute Gasteiger partial charge is 0.228 e. The molecule has 12 heavy (non-hydrogen) atoms. The standard InChI is InChI=1S/C8H19NO2S/c1-4-6-7(3)8(5-2)12(9,10)11/h7-8H,4-6H2,1-3H3,(H2,9,10,11). The van der Waals surface area contributed by atoms with E-state index in [-0.39, 0.29) is 11.2 Å². The molecule has 2 unspecified atom stereocenters. The van der Waals surface area contributed by atoms with Crippen LogP contribution >= 0.6 is 0 Å². The molecule has 3 nitrogen and oxygen atoms in total. The third kappa shape index (κ3) is 3.54. The van der Waals surface area contributed by atoms with Gasteiger partial charge in [0.1, 0.15) is 0 Å². The van der Waals surface area contributed by atoms with Crippen LogP contribution in [-0.2, 0) is 10.0 Å². The van der Waals surface area contributed by atoms with E-state index < -0.39 is 10.0 Å². The molecule has 0 aliphatic heterocycles. The van der Waals surface area contributed by atoms with E-state index in [9.17, 15) is 8.42 Å². The summed E-state index contributed by atoms with van der Waals surface area (Å²) >= 11 is 0. The molecule has 0 aliphatic rings. The van der Waals surface area contributed by atoms with Crippen molar-refractivity contribution in [2.75, 3.05) is 0 Å². The van der Waals surface area contributed by atoms with Crippen molar-refractivity contribution in [1.29, 1.82) is 0 Å². The van der Waals surface area contributed by atoms with Crippen molar-refractivity contribution in [3.05, 3.63) is 0 Å². The maximum absolute atomic E-state index is 11.1. The van der Waals surface area contributed by atoms with Gasteiger partial charge < -0.3 is 0 Å². The maximum Gasteiger partial charge on any atom is 0.212 e. The topological polar surface area (TPSA) is 60.2 Å². The molecule has 0 radical (unpaired) electrons. The van der Waals surface area contributed by atoms with Crippen LogP contribution in [0.2, 0.25) is 0 Å². The minimum atomic E-state index is -3.34. The Morgan fingerprint density at radius 3 is 2.08 bits per heavy atom. The molecule has 0 fully saturated rings. The normalized spacial score (nSPS) is 17.3. The van der Waals surface area contributed by atoms with Gasteiger partial charge in [-0.1, -0.05) is 27.2 Å². The van der Waals surface area contributed by atoms with Gasteiger partial charge in [-0.2, -0.15) is 0 Å². The highest BCUT2D eigenvalue weighted by atomic mass is 32.2. The molecule has 4 heteroatoms. The average Bonchev–Trinajstić information content (AvgIpc) is 1.85. The Kier molecular flexibility index (Phi) is 4.78. The van der Waals surface area contributed by atoms with Crippen molar-refractivity contribution >= 4 is 10.0 Å². The second kappa shape index (κ2) is 4.82. The molecule has 0 spiro atoms. The zero-order valence-electron chi connectivity index (χ0n) is 8.08. The Morgan fingerprint density at radius 2 is 1.83 bits per heavy atom. The summed E-state index contributed by atoms with van der Waals surface area (Å²) in [6, 6.07) is 0. The Morgan fingerprint density at radius 1 is 1.33 bits per heavy atom. The van der Waals surface area contributed by atoms with Crippen LogP contribution in [0.4, 0.5) is 0 Å². The van der Waals surface area contributed by atoms with E-state index in [4.69, 9.17) is 5.14 Å². The van der Waals surface area contributed by atoms with Crippen molar-refractivity contribution in [3.8, 4) is 0 Å². The van der Waals surface area contributed by atoms with Gasteiger partial charge in [0, 0.05) is 0 Å². The summed E-state index contributed by atoms with van der Waals surface area (Å²) < 4.78 is 22.1. The summed E-state index contributed by atoms with van der Waals surface area (Å²) in [6.07, 6.45) is 2.54. The third-order valence-corrected chi connectivity index (χ3v) is 3.84. The summed E-state index contributed by atoms with van der Waals surface area (Å²) in [5.41, 5.74) is 0. The van der Waals surface area contributed by atoms with Gasteiger partial charge in [-0.15, -0.1) is 0 Å². The molecule has 0 heterocycles. The number of nitrogens with two attached hydrogens (primary N) is 1. The lowest BCUT2D eigenvalue weighted by Crippen LogP contribution is -2.33. The summed E-state index contributed by atoms with van der Waals surface area (Å²) in [7, 11) is -3.34. The van der Waals surface area contributed by atoms with E-state index >= 15 is 0 Å². The van der Waals surface area contributed by atoms with Crippen molar-refractivity contribution in [3.63, 3.8) is 0 Å². The summed E-state index contributed by atoms with van der Waals surface area (Å²) in [4.78, 5) is 0. The van der Waals surface area contributed by atoms with Gasteiger partial charge >= 0.3 is 0 Å². The molecule has 0 saturated heterocycles. The monoisotopic (exact) mass is 193 g/mol. The first kappa shape index (κ1) is 11.9. The van der Waals surface area contributed by atoms with Crippen LogP contribution in [0.3, 0.4) is 0 Å². The average molecular weight is 193 g/mol. The van der Waals surface area contributed by atoms with E-state index in [1.54, 1.807) is 0 Å². The fourth-order valence-corrected chi connectivity index (χ4v) is 2.85. The molecule has 2 N–H and O–H groups in total. The number of hydrogen-bond acceptors (Lipinski definition) is 2. The van der Waals surface area contributed by atoms with Gasteiger partial charge in [0.25, 0.3) is 0 Å². The fourth-order valence-electron chi connectivity index (χ4n) is 1.60. The van der Waals surface area contributed by atoms with Crippen molar-refractivity contribution in [2.45, 2.75) is 45.3 Å². The third-order valence-electron chi connectivity index (χ3n) is 2.20. The van der Waals surface area contributed by atoms with E-state index in [1.807, 2.05) is 20.8 Å². The highest BCUT2D eigenvalue weighted by Gasteiger charge is 2.24. The van der Waals surface area contributed by atoms with Crippen LogP contribution in [-0.4, -0.2) is 13.7 Å². The first-order valence-corrected chi connectivity index (χ1v) is 6.06. The quantitative estimate of drug-likeness (QED) is 0.719.